The molecule has 0 aliphatic rings. The Bertz CT molecular complexity index is 1170. The number of benzene rings is 3. The number of aromatic nitrogens is 2. The Morgan fingerprint density at radius 3 is 2.52 bits per heavy atom. The molecule has 5 nitrogen and oxygen atoms in total. The molecule has 0 radical (unpaired) electrons. The van der Waals surface area contributed by atoms with E-state index in [1.54, 1.807) is 30.5 Å². The van der Waals surface area contributed by atoms with Gasteiger partial charge in [0, 0.05) is 16.8 Å². The van der Waals surface area contributed by atoms with Gasteiger partial charge in [0.05, 0.1) is 18.4 Å². The molecule has 4 rings (SSSR count). The first kappa shape index (κ1) is 20.7. The van der Waals surface area contributed by atoms with Crippen LogP contribution in [-0.4, -0.2) is 15.7 Å². The van der Waals surface area contributed by atoms with Gasteiger partial charge in [0.15, 0.2) is 0 Å². The maximum Gasteiger partial charge on any atom is 0.255 e. The number of carbonyl (C=O) groups is 1. The van der Waals surface area contributed by atoms with Gasteiger partial charge in [-0.3, -0.25) is 9.48 Å². The van der Waals surface area contributed by atoms with E-state index in [1.807, 2.05) is 47.3 Å². The molecule has 0 saturated carbocycles. The number of anilines is 1. The lowest BCUT2D eigenvalue weighted by atomic mass is 10.1. The fraction of sp³-hybridized carbons (Fsp3) is 0.120. The molecule has 0 aliphatic carbocycles. The van der Waals surface area contributed by atoms with Crippen LogP contribution in [0.4, 0.5) is 5.69 Å². The minimum atomic E-state index is -0.180. The highest BCUT2D eigenvalue weighted by Crippen LogP contribution is 2.17. The molecule has 156 valence electrons. The second kappa shape index (κ2) is 9.49. The molecule has 1 N–H and O–H groups in total. The first-order valence-electron chi connectivity index (χ1n) is 9.92. The highest BCUT2D eigenvalue weighted by molar-refractivity contribution is 6.30. The smallest absolute Gasteiger partial charge is 0.255 e. The van der Waals surface area contributed by atoms with Crippen LogP contribution >= 0.6 is 11.6 Å². The summed E-state index contributed by atoms with van der Waals surface area (Å²) in [6, 6.07) is 22.7. The van der Waals surface area contributed by atoms with E-state index < -0.39 is 0 Å². The second-order valence-corrected chi connectivity index (χ2v) is 7.68. The Balaban J connectivity index is 1.33. The zero-order valence-corrected chi connectivity index (χ0v) is 17.8. The molecule has 0 fully saturated rings. The number of rotatable bonds is 7. The largest absolute Gasteiger partial charge is 0.489 e. The van der Waals surface area contributed by atoms with Gasteiger partial charge in [-0.25, -0.2) is 0 Å². The number of hydrogen-bond acceptors (Lipinski definition) is 3. The van der Waals surface area contributed by atoms with Crippen molar-refractivity contribution in [2.45, 2.75) is 20.1 Å². The Morgan fingerprint density at radius 2 is 1.77 bits per heavy atom. The Morgan fingerprint density at radius 1 is 1.03 bits per heavy atom. The van der Waals surface area contributed by atoms with Gasteiger partial charge >= 0.3 is 0 Å². The molecule has 1 amide bonds. The molecular formula is C25H22ClN3O2. The average Bonchev–Trinajstić information content (AvgIpc) is 3.22. The van der Waals surface area contributed by atoms with Crippen molar-refractivity contribution in [1.29, 1.82) is 0 Å². The number of halogens is 1. The van der Waals surface area contributed by atoms with E-state index in [0.717, 1.165) is 11.3 Å². The number of carbonyl (C=O) groups excluding carboxylic acids is 1. The Hall–Kier alpha value is -3.57. The standard InChI is InChI=1S/C25H22ClN3O2/c1-18-4-2-3-5-21(18)15-29-16-23(14-27-29)28-25(30)20-8-6-19(7-9-20)17-31-24-12-10-22(26)11-13-24/h2-14,16H,15,17H2,1H3,(H,28,30). The van der Waals surface area contributed by atoms with Gasteiger partial charge < -0.3 is 10.1 Å². The quantitative estimate of drug-likeness (QED) is 0.407. The minimum Gasteiger partial charge on any atom is -0.489 e. The number of ether oxygens (including phenoxy) is 1. The van der Waals surface area contributed by atoms with Crippen LogP contribution in [-0.2, 0) is 13.2 Å². The van der Waals surface area contributed by atoms with E-state index in [2.05, 4.69) is 29.5 Å². The lowest BCUT2D eigenvalue weighted by molar-refractivity contribution is 0.102. The van der Waals surface area contributed by atoms with Gasteiger partial charge in [0.25, 0.3) is 5.91 Å². The van der Waals surface area contributed by atoms with Gasteiger partial charge in [-0.1, -0.05) is 48.0 Å². The van der Waals surface area contributed by atoms with E-state index in [1.165, 1.54) is 11.1 Å². The normalized spacial score (nSPS) is 10.6. The van der Waals surface area contributed by atoms with Crippen LogP contribution in [0, 0.1) is 6.92 Å². The van der Waals surface area contributed by atoms with Crippen LogP contribution in [0.25, 0.3) is 0 Å². The predicted octanol–water partition coefficient (Wildman–Crippen LogP) is 5.72. The molecule has 0 unspecified atom stereocenters. The third kappa shape index (κ3) is 5.53. The third-order valence-corrected chi connectivity index (χ3v) is 5.17. The van der Waals surface area contributed by atoms with Crippen LogP contribution in [0.2, 0.25) is 5.02 Å². The Labute approximate surface area is 186 Å². The monoisotopic (exact) mass is 431 g/mol. The van der Waals surface area contributed by atoms with Gasteiger partial charge in [0.2, 0.25) is 0 Å². The molecule has 0 saturated heterocycles. The molecule has 0 bridgehead atoms. The van der Waals surface area contributed by atoms with Crippen molar-refractivity contribution in [2.24, 2.45) is 0 Å². The van der Waals surface area contributed by atoms with Gasteiger partial charge in [-0.05, 0) is 60.0 Å². The SMILES string of the molecule is Cc1ccccc1Cn1cc(NC(=O)c2ccc(COc3ccc(Cl)cc3)cc2)cn1. The second-order valence-electron chi connectivity index (χ2n) is 7.25. The first-order valence-corrected chi connectivity index (χ1v) is 10.3. The fourth-order valence-electron chi connectivity index (χ4n) is 3.13. The van der Waals surface area contributed by atoms with Crippen molar-refractivity contribution in [3.63, 3.8) is 0 Å². The van der Waals surface area contributed by atoms with Crippen LogP contribution < -0.4 is 10.1 Å². The maximum absolute atomic E-state index is 12.6. The van der Waals surface area contributed by atoms with Crippen molar-refractivity contribution < 1.29 is 9.53 Å². The first-order chi connectivity index (χ1) is 15.1. The average molecular weight is 432 g/mol. The van der Waals surface area contributed by atoms with Gasteiger partial charge in [0.1, 0.15) is 12.4 Å². The summed E-state index contributed by atoms with van der Waals surface area (Å²) >= 11 is 5.88. The molecule has 0 aliphatic heterocycles. The molecule has 4 aromatic rings. The van der Waals surface area contributed by atoms with Crippen molar-refractivity contribution in [3.05, 3.63) is 112 Å². The van der Waals surface area contributed by atoms with Crippen LogP contribution in [0.1, 0.15) is 27.0 Å². The zero-order valence-electron chi connectivity index (χ0n) is 17.1. The van der Waals surface area contributed by atoms with E-state index in [0.29, 0.717) is 29.4 Å². The highest BCUT2D eigenvalue weighted by atomic mass is 35.5. The summed E-state index contributed by atoms with van der Waals surface area (Å²) in [5.74, 6) is 0.564. The van der Waals surface area contributed by atoms with Crippen molar-refractivity contribution >= 4 is 23.2 Å². The highest BCUT2D eigenvalue weighted by Gasteiger charge is 2.09. The molecule has 0 spiro atoms. The maximum atomic E-state index is 12.6. The fourth-order valence-corrected chi connectivity index (χ4v) is 3.26. The molecule has 1 aromatic heterocycles. The predicted molar refractivity (Wildman–Crippen MR) is 123 cm³/mol. The summed E-state index contributed by atoms with van der Waals surface area (Å²) in [7, 11) is 0. The topological polar surface area (TPSA) is 56.2 Å². The molecule has 3 aromatic carbocycles. The van der Waals surface area contributed by atoms with Gasteiger partial charge in [-0.2, -0.15) is 5.10 Å². The van der Waals surface area contributed by atoms with E-state index in [9.17, 15) is 4.79 Å². The summed E-state index contributed by atoms with van der Waals surface area (Å²) in [4.78, 5) is 12.6. The lowest BCUT2D eigenvalue weighted by Crippen LogP contribution is -2.11. The summed E-state index contributed by atoms with van der Waals surface area (Å²) in [5.41, 5.74) is 4.61. The summed E-state index contributed by atoms with van der Waals surface area (Å²) in [6.45, 7) is 3.14. The summed E-state index contributed by atoms with van der Waals surface area (Å²) in [6.07, 6.45) is 3.49. The molecule has 0 atom stereocenters. The van der Waals surface area contributed by atoms with Crippen LogP contribution in [0.5, 0.6) is 5.75 Å². The summed E-state index contributed by atoms with van der Waals surface area (Å²) in [5, 5.41) is 7.91. The molecular weight excluding hydrogens is 410 g/mol. The van der Waals surface area contributed by atoms with Crippen molar-refractivity contribution in [2.75, 3.05) is 5.32 Å². The Kier molecular flexibility index (Phi) is 6.34. The molecule has 6 heteroatoms. The number of aryl methyl sites for hydroxylation is 1. The summed E-state index contributed by atoms with van der Waals surface area (Å²) < 4.78 is 7.55. The molecule has 31 heavy (non-hydrogen) atoms. The number of nitrogens with zero attached hydrogens (tertiary/aromatic N) is 2. The minimum absolute atomic E-state index is 0.180. The molecule has 1 heterocycles. The van der Waals surface area contributed by atoms with Crippen LogP contribution in [0.3, 0.4) is 0 Å². The van der Waals surface area contributed by atoms with E-state index in [4.69, 9.17) is 16.3 Å². The van der Waals surface area contributed by atoms with Crippen molar-refractivity contribution in [3.8, 4) is 5.75 Å². The number of hydrogen-bond donors (Lipinski definition) is 1. The van der Waals surface area contributed by atoms with Crippen LogP contribution in [0.15, 0.2) is 85.2 Å². The van der Waals surface area contributed by atoms with E-state index >= 15 is 0 Å². The third-order valence-electron chi connectivity index (χ3n) is 4.92. The number of amides is 1. The van der Waals surface area contributed by atoms with Crippen molar-refractivity contribution in [1.82, 2.24) is 9.78 Å². The lowest BCUT2D eigenvalue weighted by Gasteiger charge is -2.08. The zero-order chi connectivity index (χ0) is 21.6. The van der Waals surface area contributed by atoms with Gasteiger partial charge in [-0.15, -0.1) is 0 Å². The van der Waals surface area contributed by atoms with E-state index in [-0.39, 0.29) is 5.91 Å². The number of nitrogens with one attached hydrogen (secondary N) is 1.